The number of aromatic nitrogens is 1. The highest BCUT2D eigenvalue weighted by molar-refractivity contribution is 5.74. The maximum absolute atomic E-state index is 12.7. The van der Waals surface area contributed by atoms with Crippen LogP contribution in [0.15, 0.2) is 18.3 Å². The van der Waals surface area contributed by atoms with Gasteiger partial charge in [-0.2, -0.15) is 0 Å². The molecule has 0 unspecified atom stereocenters. The Labute approximate surface area is 118 Å². The van der Waals surface area contributed by atoms with Crippen molar-refractivity contribution in [2.45, 2.75) is 32.4 Å². The first kappa shape index (κ1) is 16.5. The Kier molecular flexibility index (Phi) is 6.54. The number of amides is 1. The third-order valence-corrected chi connectivity index (χ3v) is 3.25. The summed E-state index contributed by atoms with van der Waals surface area (Å²) in [6.45, 7) is 3.24. The van der Waals surface area contributed by atoms with E-state index in [1.165, 1.54) is 12.3 Å². The molecule has 0 saturated heterocycles. The molecule has 0 aliphatic rings. The average Bonchev–Trinajstić information content (AvgIpc) is 2.38. The Morgan fingerprint density at radius 2 is 2.25 bits per heavy atom. The van der Waals surface area contributed by atoms with Gasteiger partial charge in [-0.15, -0.1) is 0 Å². The van der Waals surface area contributed by atoms with Gasteiger partial charge in [-0.1, -0.05) is 6.92 Å². The summed E-state index contributed by atoms with van der Waals surface area (Å²) >= 11 is 0. The molecule has 2 atom stereocenters. The number of rotatable bonds is 8. The van der Waals surface area contributed by atoms with Gasteiger partial charge in [0.1, 0.15) is 5.82 Å². The van der Waals surface area contributed by atoms with Crippen LogP contribution in [0.25, 0.3) is 0 Å². The molecular formula is C14H22FN3O2. The van der Waals surface area contributed by atoms with E-state index in [9.17, 15) is 14.3 Å². The zero-order chi connectivity index (χ0) is 15.1. The van der Waals surface area contributed by atoms with Crippen LogP contribution in [-0.4, -0.2) is 40.6 Å². The number of hydrogen-bond donors (Lipinski definition) is 2. The fourth-order valence-electron chi connectivity index (χ4n) is 1.88. The minimum atomic E-state index is -0.704. The highest BCUT2D eigenvalue weighted by atomic mass is 19.1. The SMILES string of the molecule is C[C@H](CCN(C)Cc1ccc(F)cn1)[C@@H](O)CC(N)=O. The van der Waals surface area contributed by atoms with Crippen LogP contribution in [-0.2, 0) is 11.3 Å². The number of carbonyl (C=O) groups is 1. The van der Waals surface area contributed by atoms with E-state index >= 15 is 0 Å². The zero-order valence-corrected chi connectivity index (χ0v) is 11.9. The van der Waals surface area contributed by atoms with E-state index in [-0.39, 0.29) is 18.2 Å². The predicted octanol–water partition coefficient (Wildman–Crippen LogP) is 0.915. The number of nitrogens with two attached hydrogens (primary N) is 1. The van der Waals surface area contributed by atoms with Crippen molar-refractivity contribution in [1.29, 1.82) is 0 Å². The predicted molar refractivity (Wildman–Crippen MR) is 74.1 cm³/mol. The summed E-state index contributed by atoms with van der Waals surface area (Å²) in [6, 6.07) is 3.03. The van der Waals surface area contributed by atoms with E-state index in [2.05, 4.69) is 4.98 Å². The van der Waals surface area contributed by atoms with Crippen LogP contribution < -0.4 is 5.73 Å². The molecule has 0 fully saturated rings. The second kappa shape index (κ2) is 7.91. The van der Waals surface area contributed by atoms with Crippen LogP contribution in [0.2, 0.25) is 0 Å². The van der Waals surface area contributed by atoms with Crippen LogP contribution in [0.5, 0.6) is 0 Å². The van der Waals surface area contributed by atoms with Gasteiger partial charge in [-0.3, -0.25) is 9.78 Å². The van der Waals surface area contributed by atoms with Gasteiger partial charge in [0, 0.05) is 6.54 Å². The molecule has 0 bridgehead atoms. The molecule has 0 aliphatic heterocycles. The van der Waals surface area contributed by atoms with Crippen molar-refractivity contribution in [1.82, 2.24) is 9.88 Å². The highest BCUT2D eigenvalue weighted by Gasteiger charge is 2.17. The topological polar surface area (TPSA) is 79.4 Å². The second-order valence-electron chi connectivity index (χ2n) is 5.21. The second-order valence-corrected chi connectivity index (χ2v) is 5.21. The Bertz CT molecular complexity index is 425. The Morgan fingerprint density at radius 1 is 1.55 bits per heavy atom. The molecule has 0 spiro atoms. The smallest absolute Gasteiger partial charge is 0.220 e. The van der Waals surface area contributed by atoms with Gasteiger partial charge in [0.15, 0.2) is 0 Å². The molecule has 1 amide bonds. The maximum Gasteiger partial charge on any atom is 0.220 e. The fourth-order valence-corrected chi connectivity index (χ4v) is 1.88. The minimum absolute atomic E-state index is 0.00822. The standard InChI is InChI=1S/C14H22FN3O2/c1-10(13(19)7-14(16)20)5-6-18(2)9-12-4-3-11(15)8-17-12/h3-4,8,10,13,19H,5-7,9H2,1-2H3,(H2,16,20)/t10-,13+/m1/s1. The van der Waals surface area contributed by atoms with E-state index in [4.69, 9.17) is 5.73 Å². The maximum atomic E-state index is 12.7. The van der Waals surface area contributed by atoms with Gasteiger partial charge in [0.05, 0.1) is 24.4 Å². The van der Waals surface area contributed by atoms with Gasteiger partial charge >= 0.3 is 0 Å². The molecule has 112 valence electrons. The van der Waals surface area contributed by atoms with Crippen LogP contribution >= 0.6 is 0 Å². The molecule has 0 saturated carbocycles. The number of primary amides is 1. The lowest BCUT2D eigenvalue weighted by Gasteiger charge is -2.21. The first-order valence-corrected chi connectivity index (χ1v) is 6.64. The van der Waals surface area contributed by atoms with Crippen LogP contribution in [0.3, 0.4) is 0 Å². The lowest BCUT2D eigenvalue weighted by molar-refractivity contribution is -0.120. The van der Waals surface area contributed by atoms with Gasteiger partial charge < -0.3 is 15.7 Å². The summed E-state index contributed by atoms with van der Waals surface area (Å²) in [6.07, 6.45) is 1.23. The number of aliphatic hydroxyl groups excluding tert-OH is 1. The summed E-state index contributed by atoms with van der Waals surface area (Å²) in [5.41, 5.74) is 5.84. The number of aliphatic hydroxyl groups is 1. The lowest BCUT2D eigenvalue weighted by atomic mass is 9.98. The third kappa shape index (κ3) is 6.08. The van der Waals surface area contributed by atoms with Crippen molar-refractivity contribution >= 4 is 5.91 Å². The molecular weight excluding hydrogens is 261 g/mol. The number of carbonyl (C=O) groups excluding carboxylic acids is 1. The largest absolute Gasteiger partial charge is 0.392 e. The van der Waals surface area contributed by atoms with Gasteiger partial charge in [0.25, 0.3) is 0 Å². The summed E-state index contributed by atoms with van der Waals surface area (Å²) in [5, 5.41) is 9.75. The molecule has 1 rings (SSSR count). The Morgan fingerprint density at radius 3 is 2.80 bits per heavy atom. The van der Waals surface area contributed by atoms with Crippen LogP contribution in [0.4, 0.5) is 4.39 Å². The van der Waals surface area contributed by atoms with E-state index in [0.717, 1.165) is 18.7 Å². The number of nitrogens with zero attached hydrogens (tertiary/aromatic N) is 2. The van der Waals surface area contributed by atoms with Crippen molar-refractivity contribution in [3.63, 3.8) is 0 Å². The first-order chi connectivity index (χ1) is 9.38. The van der Waals surface area contributed by atoms with E-state index in [1.54, 1.807) is 6.07 Å². The van der Waals surface area contributed by atoms with E-state index in [1.807, 2.05) is 18.9 Å². The first-order valence-electron chi connectivity index (χ1n) is 6.64. The summed E-state index contributed by atoms with van der Waals surface area (Å²) in [7, 11) is 1.93. The molecule has 3 N–H and O–H groups in total. The summed E-state index contributed by atoms with van der Waals surface area (Å²) in [4.78, 5) is 16.8. The van der Waals surface area contributed by atoms with Crippen molar-refractivity contribution in [2.24, 2.45) is 11.7 Å². The normalized spacial score (nSPS) is 14.2. The lowest BCUT2D eigenvalue weighted by Crippen LogP contribution is -2.29. The molecule has 6 heteroatoms. The van der Waals surface area contributed by atoms with Crippen molar-refractivity contribution in [3.05, 3.63) is 29.8 Å². The van der Waals surface area contributed by atoms with Crippen molar-refractivity contribution in [2.75, 3.05) is 13.6 Å². The zero-order valence-electron chi connectivity index (χ0n) is 11.9. The fraction of sp³-hybridized carbons (Fsp3) is 0.571. The molecule has 1 heterocycles. The van der Waals surface area contributed by atoms with Gasteiger partial charge in [-0.05, 0) is 38.1 Å². The molecule has 0 aliphatic carbocycles. The van der Waals surface area contributed by atoms with Crippen LogP contribution in [0.1, 0.15) is 25.5 Å². The average molecular weight is 283 g/mol. The highest BCUT2D eigenvalue weighted by Crippen LogP contribution is 2.12. The minimum Gasteiger partial charge on any atom is -0.392 e. The number of halogens is 1. The Hall–Kier alpha value is -1.53. The quantitative estimate of drug-likeness (QED) is 0.743. The molecule has 0 aromatic carbocycles. The van der Waals surface area contributed by atoms with Gasteiger partial charge in [0.2, 0.25) is 5.91 Å². The Balaban J connectivity index is 2.33. The summed E-state index contributed by atoms with van der Waals surface area (Å²) < 4.78 is 12.7. The monoisotopic (exact) mass is 283 g/mol. The van der Waals surface area contributed by atoms with Gasteiger partial charge in [-0.25, -0.2) is 4.39 Å². The van der Waals surface area contributed by atoms with E-state index in [0.29, 0.717) is 6.54 Å². The molecule has 1 aromatic rings. The molecule has 0 radical (unpaired) electrons. The molecule has 5 nitrogen and oxygen atoms in total. The van der Waals surface area contributed by atoms with Crippen molar-refractivity contribution in [3.8, 4) is 0 Å². The molecule has 1 aromatic heterocycles. The summed E-state index contributed by atoms with van der Waals surface area (Å²) in [5.74, 6) is -0.848. The van der Waals surface area contributed by atoms with E-state index < -0.39 is 12.0 Å². The number of hydrogen-bond acceptors (Lipinski definition) is 4. The van der Waals surface area contributed by atoms with Crippen LogP contribution in [0, 0.1) is 11.7 Å². The third-order valence-electron chi connectivity index (χ3n) is 3.25. The molecule has 20 heavy (non-hydrogen) atoms. The number of pyridine rings is 1. The van der Waals surface area contributed by atoms with Crippen molar-refractivity contribution < 1.29 is 14.3 Å².